The summed E-state index contributed by atoms with van der Waals surface area (Å²) in [7, 11) is 0. The highest BCUT2D eigenvalue weighted by atomic mass is 35.5. The lowest BCUT2D eigenvalue weighted by Crippen LogP contribution is -1.86. The molecule has 1 aromatic heterocycles. The zero-order valence-electron chi connectivity index (χ0n) is 10.2. The van der Waals surface area contributed by atoms with Crippen LogP contribution < -0.4 is 0 Å². The summed E-state index contributed by atoms with van der Waals surface area (Å²) in [5.74, 6) is 0. The SMILES string of the molecule is CC(=Cc1cccc(C)n1)c1ccc(Cl)c(Cl)c1. The summed E-state index contributed by atoms with van der Waals surface area (Å²) < 4.78 is 0. The topological polar surface area (TPSA) is 12.9 Å². The number of pyridine rings is 1. The number of allylic oxidation sites excluding steroid dienone is 1. The van der Waals surface area contributed by atoms with Crippen molar-refractivity contribution in [2.24, 2.45) is 0 Å². The zero-order valence-corrected chi connectivity index (χ0v) is 11.8. The monoisotopic (exact) mass is 277 g/mol. The summed E-state index contributed by atoms with van der Waals surface area (Å²) in [4.78, 5) is 4.44. The summed E-state index contributed by atoms with van der Waals surface area (Å²) >= 11 is 11.9. The van der Waals surface area contributed by atoms with E-state index in [0.717, 1.165) is 22.5 Å². The smallest absolute Gasteiger partial charge is 0.0635 e. The van der Waals surface area contributed by atoms with Crippen LogP contribution in [0, 0.1) is 6.92 Å². The fourth-order valence-corrected chi connectivity index (χ4v) is 1.99. The van der Waals surface area contributed by atoms with E-state index in [1.807, 2.05) is 50.3 Å². The summed E-state index contributed by atoms with van der Waals surface area (Å²) in [6, 6.07) is 11.6. The molecule has 2 aromatic rings. The molecule has 0 N–H and O–H groups in total. The molecule has 1 heterocycles. The molecule has 0 saturated heterocycles. The molecule has 0 aliphatic rings. The predicted octanol–water partition coefficient (Wildman–Crippen LogP) is 5.26. The Morgan fingerprint density at radius 1 is 1.11 bits per heavy atom. The number of hydrogen-bond donors (Lipinski definition) is 0. The molecule has 1 nitrogen and oxygen atoms in total. The Labute approximate surface area is 117 Å². The number of aromatic nitrogens is 1. The van der Waals surface area contributed by atoms with Crippen LogP contribution in [0.2, 0.25) is 10.0 Å². The van der Waals surface area contributed by atoms with Gasteiger partial charge in [-0.1, -0.05) is 35.3 Å². The fourth-order valence-electron chi connectivity index (χ4n) is 1.69. The Morgan fingerprint density at radius 2 is 1.89 bits per heavy atom. The molecule has 0 aliphatic carbocycles. The first-order chi connectivity index (χ1) is 8.56. The number of benzene rings is 1. The summed E-state index contributed by atoms with van der Waals surface area (Å²) in [6.45, 7) is 4.01. The van der Waals surface area contributed by atoms with E-state index in [2.05, 4.69) is 4.98 Å². The largest absolute Gasteiger partial charge is 0.254 e. The molecule has 18 heavy (non-hydrogen) atoms. The maximum atomic E-state index is 6.01. The van der Waals surface area contributed by atoms with Crippen molar-refractivity contribution in [3.05, 3.63) is 63.4 Å². The molecule has 92 valence electrons. The Hall–Kier alpha value is -1.31. The van der Waals surface area contributed by atoms with Gasteiger partial charge in [-0.05, 0) is 55.3 Å². The first-order valence-electron chi connectivity index (χ1n) is 5.63. The summed E-state index contributed by atoms with van der Waals surface area (Å²) in [6.07, 6.45) is 2.03. The number of aryl methyl sites for hydroxylation is 1. The van der Waals surface area contributed by atoms with Gasteiger partial charge in [-0.3, -0.25) is 4.98 Å². The zero-order chi connectivity index (χ0) is 13.1. The van der Waals surface area contributed by atoms with Crippen molar-refractivity contribution in [3.8, 4) is 0 Å². The fraction of sp³-hybridized carbons (Fsp3) is 0.133. The second kappa shape index (κ2) is 5.55. The predicted molar refractivity (Wildman–Crippen MR) is 79.0 cm³/mol. The van der Waals surface area contributed by atoms with Crippen molar-refractivity contribution in [2.75, 3.05) is 0 Å². The van der Waals surface area contributed by atoms with E-state index in [9.17, 15) is 0 Å². The average Bonchev–Trinajstić information content (AvgIpc) is 2.32. The van der Waals surface area contributed by atoms with Crippen LogP contribution in [0.15, 0.2) is 36.4 Å². The summed E-state index contributed by atoms with van der Waals surface area (Å²) in [5, 5.41) is 1.14. The van der Waals surface area contributed by atoms with Gasteiger partial charge in [0.05, 0.1) is 15.7 Å². The molecule has 0 saturated carbocycles. The molecule has 0 spiro atoms. The maximum absolute atomic E-state index is 6.01. The van der Waals surface area contributed by atoms with Crippen LogP contribution in [0.1, 0.15) is 23.9 Å². The Bertz CT molecular complexity index is 603. The number of rotatable bonds is 2. The first kappa shape index (κ1) is 13.1. The molecular weight excluding hydrogens is 265 g/mol. The molecular formula is C15H13Cl2N. The first-order valence-corrected chi connectivity index (χ1v) is 6.39. The van der Waals surface area contributed by atoms with E-state index in [1.165, 1.54) is 0 Å². The number of nitrogens with zero attached hydrogens (tertiary/aromatic N) is 1. The van der Waals surface area contributed by atoms with Crippen molar-refractivity contribution < 1.29 is 0 Å². The molecule has 0 unspecified atom stereocenters. The summed E-state index contributed by atoms with van der Waals surface area (Å²) in [5.41, 5.74) is 4.10. The van der Waals surface area contributed by atoms with Crippen LogP contribution in [-0.2, 0) is 0 Å². The Morgan fingerprint density at radius 3 is 2.56 bits per heavy atom. The van der Waals surface area contributed by atoms with Crippen LogP contribution in [0.3, 0.4) is 0 Å². The minimum absolute atomic E-state index is 0.569. The van der Waals surface area contributed by atoms with Crippen molar-refractivity contribution in [1.29, 1.82) is 0 Å². The van der Waals surface area contributed by atoms with E-state index in [4.69, 9.17) is 23.2 Å². The van der Waals surface area contributed by atoms with Gasteiger partial charge in [-0.2, -0.15) is 0 Å². The number of hydrogen-bond acceptors (Lipinski definition) is 1. The quantitative estimate of drug-likeness (QED) is 0.730. The standard InChI is InChI=1S/C15H13Cl2N/c1-10(8-13-5-3-4-11(2)18-13)12-6-7-14(16)15(17)9-12/h3-9H,1-2H3. The lowest BCUT2D eigenvalue weighted by molar-refractivity contribution is 1.18. The van der Waals surface area contributed by atoms with Gasteiger partial charge in [0.1, 0.15) is 0 Å². The van der Waals surface area contributed by atoms with Crippen LogP contribution in [0.4, 0.5) is 0 Å². The average molecular weight is 278 g/mol. The van der Waals surface area contributed by atoms with Gasteiger partial charge < -0.3 is 0 Å². The van der Waals surface area contributed by atoms with Gasteiger partial charge in [0.15, 0.2) is 0 Å². The highest BCUT2D eigenvalue weighted by Crippen LogP contribution is 2.26. The van der Waals surface area contributed by atoms with E-state index in [1.54, 1.807) is 6.07 Å². The second-order valence-corrected chi connectivity index (χ2v) is 4.97. The van der Waals surface area contributed by atoms with Gasteiger partial charge in [0.2, 0.25) is 0 Å². The van der Waals surface area contributed by atoms with E-state index in [0.29, 0.717) is 10.0 Å². The molecule has 0 radical (unpaired) electrons. The lowest BCUT2D eigenvalue weighted by atomic mass is 10.1. The Kier molecular flexibility index (Phi) is 4.05. The molecule has 0 fully saturated rings. The Balaban J connectivity index is 2.35. The van der Waals surface area contributed by atoms with Crippen molar-refractivity contribution in [3.63, 3.8) is 0 Å². The molecule has 0 amide bonds. The highest BCUT2D eigenvalue weighted by Gasteiger charge is 2.01. The third-order valence-electron chi connectivity index (χ3n) is 2.65. The van der Waals surface area contributed by atoms with Gasteiger partial charge in [-0.25, -0.2) is 0 Å². The molecule has 0 atom stereocenters. The minimum Gasteiger partial charge on any atom is -0.254 e. The lowest BCUT2D eigenvalue weighted by Gasteiger charge is -2.04. The molecule has 3 heteroatoms. The molecule has 0 aliphatic heterocycles. The van der Waals surface area contributed by atoms with Gasteiger partial charge in [-0.15, -0.1) is 0 Å². The van der Waals surface area contributed by atoms with Crippen LogP contribution in [0.25, 0.3) is 11.6 Å². The van der Waals surface area contributed by atoms with Crippen LogP contribution in [-0.4, -0.2) is 4.98 Å². The van der Waals surface area contributed by atoms with Crippen LogP contribution >= 0.6 is 23.2 Å². The molecule has 0 bridgehead atoms. The minimum atomic E-state index is 0.569. The van der Waals surface area contributed by atoms with Crippen molar-refractivity contribution in [2.45, 2.75) is 13.8 Å². The van der Waals surface area contributed by atoms with Crippen molar-refractivity contribution >= 4 is 34.9 Å². The number of halogens is 2. The van der Waals surface area contributed by atoms with E-state index >= 15 is 0 Å². The van der Waals surface area contributed by atoms with Gasteiger partial charge in [0.25, 0.3) is 0 Å². The molecule has 2 rings (SSSR count). The van der Waals surface area contributed by atoms with Gasteiger partial charge in [0, 0.05) is 5.69 Å². The third kappa shape index (κ3) is 3.12. The van der Waals surface area contributed by atoms with Crippen LogP contribution in [0.5, 0.6) is 0 Å². The molecule has 1 aromatic carbocycles. The van der Waals surface area contributed by atoms with E-state index < -0.39 is 0 Å². The second-order valence-electron chi connectivity index (χ2n) is 4.16. The van der Waals surface area contributed by atoms with E-state index in [-0.39, 0.29) is 0 Å². The normalized spacial score (nSPS) is 11.7. The van der Waals surface area contributed by atoms with Gasteiger partial charge >= 0.3 is 0 Å². The maximum Gasteiger partial charge on any atom is 0.0635 e. The third-order valence-corrected chi connectivity index (χ3v) is 3.39. The highest BCUT2D eigenvalue weighted by molar-refractivity contribution is 6.42. The van der Waals surface area contributed by atoms with Crippen molar-refractivity contribution in [1.82, 2.24) is 4.98 Å².